The fraction of sp³-hybridized carbons (Fsp3) is 0.900. The summed E-state index contributed by atoms with van der Waals surface area (Å²) >= 11 is 0.540. The molecule has 0 fully saturated rings. The molecule has 0 rings (SSSR count). The van der Waals surface area contributed by atoms with Crippen molar-refractivity contribution in [3.05, 3.63) is 0 Å². The van der Waals surface area contributed by atoms with Gasteiger partial charge in [-0.25, -0.2) is 22.0 Å². The van der Waals surface area contributed by atoms with Gasteiger partial charge in [-0.1, -0.05) is 18.7 Å². The summed E-state index contributed by atoms with van der Waals surface area (Å²) in [6.07, 6.45) is -6.39. The Labute approximate surface area is 105 Å². The first kappa shape index (κ1) is 17.6. The Morgan fingerprint density at radius 3 is 2.11 bits per heavy atom. The summed E-state index contributed by atoms with van der Waals surface area (Å²) in [5.41, 5.74) is 0. The summed E-state index contributed by atoms with van der Waals surface area (Å²) < 4.78 is 76.5. The third kappa shape index (κ3) is 5.49. The summed E-state index contributed by atoms with van der Waals surface area (Å²) in [7, 11) is 0. The highest BCUT2D eigenvalue weighted by molar-refractivity contribution is 8.13. The van der Waals surface area contributed by atoms with Gasteiger partial charge in [-0.15, -0.1) is 0 Å². The molecule has 8 heteroatoms. The van der Waals surface area contributed by atoms with Gasteiger partial charge in [0.05, 0.1) is 6.67 Å². The predicted molar refractivity (Wildman–Crippen MR) is 57.8 cm³/mol. The van der Waals surface area contributed by atoms with Crippen LogP contribution in [-0.4, -0.2) is 35.6 Å². The van der Waals surface area contributed by atoms with E-state index in [1.807, 2.05) is 0 Å². The van der Waals surface area contributed by atoms with Gasteiger partial charge in [0.2, 0.25) is 6.17 Å². The maximum atomic E-state index is 13.1. The van der Waals surface area contributed by atoms with Crippen molar-refractivity contribution in [2.75, 3.05) is 12.4 Å². The third-order valence-corrected chi connectivity index (χ3v) is 3.18. The van der Waals surface area contributed by atoms with Crippen LogP contribution in [0.1, 0.15) is 26.2 Å². The first-order valence-corrected chi connectivity index (χ1v) is 6.27. The Bertz CT molecular complexity index is 271. The molecule has 0 bridgehead atoms. The molecule has 0 aromatic rings. The second kappa shape index (κ2) is 7.25. The summed E-state index contributed by atoms with van der Waals surface area (Å²) in [5.74, 6) is -9.14. The van der Waals surface area contributed by atoms with E-state index in [1.54, 1.807) is 0 Å². The monoisotopic (exact) mass is 296 g/mol. The van der Waals surface area contributed by atoms with Gasteiger partial charge in [0.25, 0.3) is 11.8 Å². The minimum absolute atomic E-state index is 0.118. The first-order chi connectivity index (χ1) is 8.17. The number of halogens is 6. The van der Waals surface area contributed by atoms with Crippen molar-refractivity contribution < 1.29 is 31.1 Å². The van der Waals surface area contributed by atoms with Gasteiger partial charge in [-0.3, -0.25) is 9.18 Å². The van der Waals surface area contributed by atoms with E-state index in [9.17, 15) is 31.1 Å². The van der Waals surface area contributed by atoms with Crippen LogP contribution in [0.25, 0.3) is 0 Å². The molecule has 0 radical (unpaired) electrons. The fourth-order valence-electron chi connectivity index (χ4n) is 1.09. The Morgan fingerprint density at radius 2 is 1.67 bits per heavy atom. The van der Waals surface area contributed by atoms with Crippen LogP contribution in [0.2, 0.25) is 0 Å². The largest absolute Gasteiger partial charge is 0.287 e. The molecule has 0 spiro atoms. The normalized spacial score (nSPS) is 14.6. The lowest BCUT2D eigenvalue weighted by molar-refractivity contribution is -0.184. The predicted octanol–water partition coefficient (Wildman–Crippen LogP) is 4.01. The van der Waals surface area contributed by atoms with Crippen molar-refractivity contribution in [1.29, 1.82) is 0 Å². The Morgan fingerprint density at radius 1 is 1.17 bits per heavy atom. The smallest absolute Gasteiger partial charge is 0.287 e. The highest BCUT2D eigenvalue weighted by atomic mass is 32.2. The van der Waals surface area contributed by atoms with Crippen LogP contribution in [0, 0.1) is 0 Å². The van der Waals surface area contributed by atoms with Crippen LogP contribution in [-0.2, 0) is 4.79 Å². The molecule has 0 heterocycles. The van der Waals surface area contributed by atoms with Crippen molar-refractivity contribution in [2.24, 2.45) is 0 Å². The van der Waals surface area contributed by atoms with E-state index < -0.39 is 43.3 Å². The van der Waals surface area contributed by atoms with Gasteiger partial charge in [0.15, 0.2) is 5.12 Å². The van der Waals surface area contributed by atoms with E-state index in [0.717, 1.165) is 0 Å². The molecular formula is C10H14F6OS. The second-order valence-corrected chi connectivity index (χ2v) is 4.80. The molecule has 0 aliphatic rings. The van der Waals surface area contributed by atoms with Gasteiger partial charge in [-0.05, 0) is 0 Å². The number of carbonyl (C=O) groups excluding carboxylic acids is 1. The average Bonchev–Trinajstić information content (AvgIpc) is 2.27. The Hall–Kier alpha value is -0.400. The minimum atomic E-state index is -4.41. The molecule has 0 amide bonds. The van der Waals surface area contributed by atoms with Gasteiger partial charge >= 0.3 is 0 Å². The minimum Gasteiger partial charge on any atom is -0.287 e. The van der Waals surface area contributed by atoms with Gasteiger partial charge in [0.1, 0.15) is 0 Å². The molecule has 0 saturated heterocycles. The molecule has 0 aliphatic heterocycles. The van der Waals surface area contributed by atoms with Crippen LogP contribution >= 0.6 is 11.8 Å². The second-order valence-electron chi connectivity index (χ2n) is 3.65. The highest BCUT2D eigenvalue weighted by Crippen LogP contribution is 2.38. The standard InChI is InChI=1S/C10H14F6OS/c1-2-7(17)18-6-4-10(15,16)8(12)9(13,14)3-5-11/h8H,2-6H2,1H3. The van der Waals surface area contributed by atoms with Crippen LogP contribution < -0.4 is 0 Å². The summed E-state index contributed by atoms with van der Waals surface area (Å²) in [6.45, 7) is -0.0621. The molecule has 1 unspecified atom stereocenters. The zero-order valence-electron chi connectivity index (χ0n) is 9.70. The van der Waals surface area contributed by atoms with Gasteiger partial charge in [-0.2, -0.15) is 0 Å². The van der Waals surface area contributed by atoms with E-state index in [2.05, 4.69) is 0 Å². The van der Waals surface area contributed by atoms with E-state index in [4.69, 9.17) is 0 Å². The van der Waals surface area contributed by atoms with Crippen molar-refractivity contribution in [2.45, 2.75) is 44.2 Å². The van der Waals surface area contributed by atoms with Crippen molar-refractivity contribution >= 4 is 16.9 Å². The summed E-state index contributed by atoms with van der Waals surface area (Å²) in [5, 5.41) is -0.378. The first-order valence-electron chi connectivity index (χ1n) is 5.28. The van der Waals surface area contributed by atoms with Gasteiger partial charge in [0, 0.05) is 25.0 Å². The lowest BCUT2D eigenvalue weighted by Crippen LogP contribution is -2.45. The molecule has 1 nitrogen and oxygen atoms in total. The molecule has 18 heavy (non-hydrogen) atoms. The number of hydrogen-bond donors (Lipinski definition) is 0. The van der Waals surface area contributed by atoms with E-state index >= 15 is 0 Å². The molecule has 0 aromatic carbocycles. The van der Waals surface area contributed by atoms with Gasteiger partial charge < -0.3 is 0 Å². The van der Waals surface area contributed by atoms with Crippen molar-refractivity contribution in [3.63, 3.8) is 0 Å². The maximum Gasteiger partial charge on any atom is 0.287 e. The zero-order valence-corrected chi connectivity index (χ0v) is 10.5. The van der Waals surface area contributed by atoms with E-state index in [-0.39, 0.29) is 11.5 Å². The Balaban J connectivity index is 4.38. The molecule has 108 valence electrons. The molecule has 0 N–H and O–H groups in total. The third-order valence-electron chi connectivity index (χ3n) is 2.16. The molecule has 0 saturated carbocycles. The van der Waals surface area contributed by atoms with Crippen molar-refractivity contribution in [3.8, 4) is 0 Å². The highest BCUT2D eigenvalue weighted by Gasteiger charge is 2.54. The van der Waals surface area contributed by atoms with Crippen LogP contribution in [0.15, 0.2) is 0 Å². The molecule has 0 aromatic heterocycles. The fourth-order valence-corrected chi connectivity index (χ4v) is 1.90. The quantitative estimate of drug-likeness (QED) is 0.629. The average molecular weight is 296 g/mol. The number of alkyl halides is 6. The number of hydrogen-bond acceptors (Lipinski definition) is 2. The topological polar surface area (TPSA) is 17.1 Å². The van der Waals surface area contributed by atoms with E-state index in [0.29, 0.717) is 11.8 Å². The number of carbonyl (C=O) groups is 1. The zero-order chi connectivity index (χ0) is 14.4. The van der Waals surface area contributed by atoms with Crippen LogP contribution in [0.3, 0.4) is 0 Å². The molecule has 0 aliphatic carbocycles. The summed E-state index contributed by atoms with van der Waals surface area (Å²) in [4.78, 5) is 10.8. The Kier molecular flexibility index (Phi) is 7.09. The number of rotatable bonds is 8. The van der Waals surface area contributed by atoms with Crippen LogP contribution in [0.5, 0.6) is 0 Å². The number of thioether (sulfide) groups is 1. The molecule has 1 atom stereocenters. The lowest BCUT2D eigenvalue weighted by Gasteiger charge is -2.26. The summed E-state index contributed by atoms with van der Waals surface area (Å²) in [6, 6.07) is 0. The maximum absolute atomic E-state index is 13.1. The molecular weight excluding hydrogens is 282 g/mol. The lowest BCUT2D eigenvalue weighted by atomic mass is 10.0. The SMILES string of the molecule is CCC(=O)SCCC(F)(F)C(F)C(F)(F)CCF. The van der Waals surface area contributed by atoms with E-state index in [1.165, 1.54) is 6.92 Å². The van der Waals surface area contributed by atoms with Crippen LogP contribution in [0.4, 0.5) is 26.3 Å². The van der Waals surface area contributed by atoms with Crippen molar-refractivity contribution in [1.82, 2.24) is 0 Å².